The van der Waals surface area contributed by atoms with Gasteiger partial charge in [-0.15, -0.1) is 11.3 Å². The summed E-state index contributed by atoms with van der Waals surface area (Å²) in [7, 11) is 0. The van der Waals surface area contributed by atoms with E-state index in [-0.39, 0.29) is 11.9 Å². The van der Waals surface area contributed by atoms with Crippen LogP contribution in [0.1, 0.15) is 29.2 Å². The maximum Gasteiger partial charge on any atom is 0.131 e. The molecule has 2 aromatic rings. The van der Waals surface area contributed by atoms with Crippen molar-refractivity contribution in [3.63, 3.8) is 0 Å². The van der Waals surface area contributed by atoms with Crippen molar-refractivity contribution in [2.45, 2.75) is 26.5 Å². The van der Waals surface area contributed by atoms with Gasteiger partial charge in [0, 0.05) is 23.1 Å². The number of hydrogen-bond acceptors (Lipinski definition) is 4. The predicted octanol–water partition coefficient (Wildman–Crippen LogP) is 3.19. The second-order valence-corrected chi connectivity index (χ2v) is 5.18. The summed E-state index contributed by atoms with van der Waals surface area (Å²) < 4.78 is 19.1. The molecule has 1 atom stereocenters. The molecule has 0 saturated carbocycles. The fraction of sp³-hybridized carbons (Fsp3) is 0.308. The molecule has 0 saturated heterocycles. The van der Waals surface area contributed by atoms with Gasteiger partial charge < -0.3 is 10.5 Å². The standard InChI is InChI=1S/C13H15FN2OS/c1-8(15)12-4-3-11(5-13(12)14)17-6-10-7-18-9(2)16-10/h3-5,7-8H,6,15H2,1-2H3. The first kappa shape index (κ1) is 13.0. The third-order valence-corrected chi connectivity index (χ3v) is 3.34. The van der Waals surface area contributed by atoms with E-state index in [9.17, 15) is 4.39 Å². The lowest BCUT2D eigenvalue weighted by Crippen LogP contribution is -2.07. The molecule has 0 bridgehead atoms. The highest BCUT2D eigenvalue weighted by atomic mass is 32.1. The van der Waals surface area contributed by atoms with Crippen molar-refractivity contribution in [2.75, 3.05) is 0 Å². The molecule has 1 unspecified atom stereocenters. The number of aromatic nitrogens is 1. The lowest BCUT2D eigenvalue weighted by molar-refractivity contribution is 0.300. The quantitative estimate of drug-likeness (QED) is 0.924. The summed E-state index contributed by atoms with van der Waals surface area (Å²) in [4.78, 5) is 4.27. The average molecular weight is 266 g/mol. The monoisotopic (exact) mass is 266 g/mol. The zero-order chi connectivity index (χ0) is 13.1. The van der Waals surface area contributed by atoms with Crippen LogP contribution in [0.15, 0.2) is 23.6 Å². The molecule has 1 heterocycles. The minimum Gasteiger partial charge on any atom is -0.487 e. The zero-order valence-corrected chi connectivity index (χ0v) is 11.1. The third-order valence-electron chi connectivity index (χ3n) is 2.52. The van der Waals surface area contributed by atoms with E-state index in [2.05, 4.69) is 4.98 Å². The molecule has 2 N–H and O–H groups in total. The van der Waals surface area contributed by atoms with Gasteiger partial charge in [-0.05, 0) is 19.9 Å². The Morgan fingerprint density at radius 2 is 2.28 bits per heavy atom. The van der Waals surface area contributed by atoms with E-state index in [1.165, 1.54) is 6.07 Å². The molecule has 5 heteroatoms. The molecule has 0 radical (unpaired) electrons. The van der Waals surface area contributed by atoms with Gasteiger partial charge in [0.25, 0.3) is 0 Å². The number of ether oxygens (including phenoxy) is 1. The van der Waals surface area contributed by atoms with Gasteiger partial charge in [-0.2, -0.15) is 0 Å². The highest BCUT2D eigenvalue weighted by Crippen LogP contribution is 2.21. The SMILES string of the molecule is Cc1nc(COc2ccc(C(C)N)c(F)c2)cs1. The van der Waals surface area contributed by atoms with Crippen molar-refractivity contribution >= 4 is 11.3 Å². The molecule has 2 rings (SSSR count). The number of hydrogen-bond donors (Lipinski definition) is 1. The number of nitrogens with two attached hydrogens (primary N) is 1. The largest absolute Gasteiger partial charge is 0.487 e. The highest BCUT2D eigenvalue weighted by Gasteiger charge is 2.08. The smallest absolute Gasteiger partial charge is 0.131 e. The van der Waals surface area contributed by atoms with E-state index in [0.29, 0.717) is 17.9 Å². The number of thiazole rings is 1. The summed E-state index contributed by atoms with van der Waals surface area (Å²) in [5.74, 6) is 0.152. The molecule has 1 aromatic heterocycles. The van der Waals surface area contributed by atoms with E-state index in [1.54, 1.807) is 30.4 Å². The Kier molecular flexibility index (Phi) is 3.93. The van der Waals surface area contributed by atoms with Crippen LogP contribution in [-0.4, -0.2) is 4.98 Å². The highest BCUT2D eigenvalue weighted by molar-refractivity contribution is 7.09. The molecular weight excluding hydrogens is 251 g/mol. The van der Waals surface area contributed by atoms with Gasteiger partial charge in [-0.1, -0.05) is 6.07 Å². The van der Waals surface area contributed by atoms with Gasteiger partial charge in [0.2, 0.25) is 0 Å². The maximum absolute atomic E-state index is 13.7. The van der Waals surface area contributed by atoms with Gasteiger partial charge in [-0.3, -0.25) is 0 Å². The summed E-state index contributed by atoms with van der Waals surface area (Å²) >= 11 is 1.57. The molecule has 1 aromatic carbocycles. The fourth-order valence-electron chi connectivity index (χ4n) is 1.60. The predicted molar refractivity (Wildman–Crippen MR) is 70.2 cm³/mol. The summed E-state index contributed by atoms with van der Waals surface area (Å²) in [5.41, 5.74) is 6.99. The molecule has 3 nitrogen and oxygen atoms in total. The first-order chi connectivity index (χ1) is 8.56. The van der Waals surface area contributed by atoms with E-state index in [0.717, 1.165) is 10.7 Å². The van der Waals surface area contributed by atoms with Crippen LogP contribution in [0.5, 0.6) is 5.75 Å². The zero-order valence-electron chi connectivity index (χ0n) is 10.3. The first-order valence-electron chi connectivity index (χ1n) is 5.65. The van der Waals surface area contributed by atoms with Crippen LogP contribution in [0.2, 0.25) is 0 Å². The number of aryl methyl sites for hydroxylation is 1. The Morgan fingerprint density at radius 3 is 2.83 bits per heavy atom. The molecule has 0 aliphatic carbocycles. The lowest BCUT2D eigenvalue weighted by atomic mass is 10.1. The summed E-state index contributed by atoms with van der Waals surface area (Å²) in [6.07, 6.45) is 0. The van der Waals surface area contributed by atoms with Gasteiger partial charge in [0.15, 0.2) is 0 Å². The number of rotatable bonds is 4. The Balaban J connectivity index is 2.04. The molecule has 96 valence electrons. The van der Waals surface area contributed by atoms with E-state index in [1.807, 2.05) is 12.3 Å². The number of halogens is 1. The van der Waals surface area contributed by atoms with Crippen LogP contribution in [-0.2, 0) is 6.61 Å². The molecule has 0 amide bonds. The van der Waals surface area contributed by atoms with Crippen LogP contribution in [0.25, 0.3) is 0 Å². The van der Waals surface area contributed by atoms with Crippen molar-refractivity contribution in [2.24, 2.45) is 5.73 Å². The number of benzene rings is 1. The van der Waals surface area contributed by atoms with Gasteiger partial charge >= 0.3 is 0 Å². The minimum atomic E-state index is -0.336. The first-order valence-corrected chi connectivity index (χ1v) is 6.53. The molecule has 0 aliphatic rings. The van der Waals surface area contributed by atoms with E-state index >= 15 is 0 Å². The average Bonchev–Trinajstić information content (AvgIpc) is 2.72. The second kappa shape index (κ2) is 5.46. The second-order valence-electron chi connectivity index (χ2n) is 4.12. The molecule has 0 aliphatic heterocycles. The summed E-state index contributed by atoms with van der Waals surface area (Å²) in [5, 5.41) is 2.93. The van der Waals surface area contributed by atoms with Gasteiger partial charge in [0.1, 0.15) is 18.2 Å². The summed E-state index contributed by atoms with van der Waals surface area (Å²) in [6, 6.07) is 4.42. The Hall–Kier alpha value is -1.46. The van der Waals surface area contributed by atoms with Crippen molar-refractivity contribution in [3.05, 3.63) is 45.7 Å². The molecular formula is C13H15FN2OS. The van der Waals surface area contributed by atoms with Crippen LogP contribution in [0, 0.1) is 12.7 Å². The van der Waals surface area contributed by atoms with Crippen LogP contribution >= 0.6 is 11.3 Å². The topological polar surface area (TPSA) is 48.1 Å². The molecule has 0 spiro atoms. The van der Waals surface area contributed by atoms with Crippen molar-refractivity contribution < 1.29 is 9.13 Å². The van der Waals surface area contributed by atoms with Gasteiger partial charge in [0.05, 0.1) is 10.7 Å². The van der Waals surface area contributed by atoms with Gasteiger partial charge in [-0.25, -0.2) is 9.37 Å². The molecule has 18 heavy (non-hydrogen) atoms. The normalized spacial score (nSPS) is 12.4. The Morgan fingerprint density at radius 1 is 1.50 bits per heavy atom. The molecule has 0 fully saturated rings. The van der Waals surface area contributed by atoms with E-state index < -0.39 is 0 Å². The number of nitrogens with zero attached hydrogens (tertiary/aromatic N) is 1. The fourth-order valence-corrected chi connectivity index (χ4v) is 2.20. The van der Waals surface area contributed by atoms with Crippen molar-refractivity contribution in [3.8, 4) is 5.75 Å². The van der Waals surface area contributed by atoms with E-state index in [4.69, 9.17) is 10.5 Å². The minimum absolute atomic E-state index is 0.319. The van der Waals surface area contributed by atoms with Crippen LogP contribution in [0.4, 0.5) is 4.39 Å². The third kappa shape index (κ3) is 3.05. The Bertz CT molecular complexity index is 540. The lowest BCUT2D eigenvalue weighted by Gasteiger charge is -2.09. The Labute approximate surface area is 109 Å². The van der Waals surface area contributed by atoms with Crippen molar-refractivity contribution in [1.29, 1.82) is 0 Å². The summed E-state index contributed by atoms with van der Waals surface area (Å²) in [6.45, 7) is 4.03. The maximum atomic E-state index is 13.7. The van der Waals surface area contributed by atoms with Crippen LogP contribution in [0.3, 0.4) is 0 Å². The van der Waals surface area contributed by atoms with Crippen molar-refractivity contribution in [1.82, 2.24) is 4.98 Å². The van der Waals surface area contributed by atoms with Crippen LogP contribution < -0.4 is 10.5 Å².